The number of aliphatic imine (C=N–C) groups is 1. The van der Waals surface area contributed by atoms with Gasteiger partial charge in [0.15, 0.2) is 11.5 Å². The number of hydrogen-bond donors (Lipinski definition) is 5. The number of rotatable bonds is 30. The lowest BCUT2D eigenvalue weighted by atomic mass is 10.0. The summed E-state index contributed by atoms with van der Waals surface area (Å²) >= 11 is 1.71. The summed E-state index contributed by atoms with van der Waals surface area (Å²) < 4.78 is 58.8. The van der Waals surface area contributed by atoms with Gasteiger partial charge in [-0.25, -0.2) is 26.6 Å². The molecule has 20 heteroatoms. The van der Waals surface area contributed by atoms with E-state index >= 15 is 0 Å². The second kappa shape index (κ2) is 27.0. The number of sulfonamides is 2. The van der Waals surface area contributed by atoms with E-state index in [-0.39, 0.29) is 67.4 Å². The zero-order valence-electron chi connectivity index (χ0n) is 46.4. The van der Waals surface area contributed by atoms with Gasteiger partial charge >= 0.3 is 0 Å². The maximum atomic E-state index is 14.5. The first-order valence-electron chi connectivity index (χ1n) is 27.4. The Balaban J connectivity index is 1.17. The van der Waals surface area contributed by atoms with Crippen molar-refractivity contribution in [3.63, 3.8) is 0 Å². The Bertz CT molecular complexity index is 2880. The lowest BCUT2D eigenvalue weighted by molar-refractivity contribution is -0.115. The molecule has 1 unspecified atom stereocenters. The Labute approximate surface area is 457 Å². The number of phenolic OH excluding ortho intramolecular Hbond substituents is 2. The molecule has 0 radical (unpaired) electrons. The van der Waals surface area contributed by atoms with E-state index in [0.29, 0.717) is 29.9 Å². The molecule has 5 N–H and O–H groups in total. The Morgan fingerprint density at radius 3 is 2.00 bits per heavy atom. The van der Waals surface area contributed by atoms with Gasteiger partial charge in [-0.3, -0.25) is 14.4 Å². The first-order chi connectivity index (χ1) is 36.0. The number of carbonyl (C=O) groups excluding carboxylic acids is 1. The molecule has 1 atom stereocenters. The summed E-state index contributed by atoms with van der Waals surface area (Å²) in [5, 5.41) is 38.6. The summed E-state index contributed by atoms with van der Waals surface area (Å²) in [7, 11) is -7.71. The van der Waals surface area contributed by atoms with Gasteiger partial charge < -0.3 is 20.4 Å². The molecule has 76 heavy (non-hydrogen) atoms. The van der Waals surface area contributed by atoms with Gasteiger partial charge in [-0.15, -0.1) is 22.0 Å². The summed E-state index contributed by atoms with van der Waals surface area (Å²) in [4.78, 5) is 23.1. The number of unbranched alkanes of at least 4 members (excludes halogenated alkanes) is 15. The Morgan fingerprint density at radius 2 is 1.42 bits per heavy atom. The number of aryl methyl sites for hydroxylation is 1. The molecule has 1 saturated heterocycles. The van der Waals surface area contributed by atoms with Crippen molar-refractivity contribution in [2.75, 3.05) is 48.6 Å². The van der Waals surface area contributed by atoms with Gasteiger partial charge in [-0.1, -0.05) is 103 Å². The van der Waals surface area contributed by atoms with Crippen LogP contribution >= 0.6 is 11.8 Å². The van der Waals surface area contributed by atoms with Crippen LogP contribution in [0, 0.1) is 6.92 Å². The Morgan fingerprint density at radius 1 is 0.829 bits per heavy atom. The number of aromatic nitrogens is 3. The van der Waals surface area contributed by atoms with Gasteiger partial charge in [0, 0.05) is 59.3 Å². The molecule has 2 aliphatic rings. The number of aromatic hydroxyl groups is 2. The molecule has 2 aliphatic heterocycles. The highest BCUT2D eigenvalue weighted by Gasteiger charge is 2.41. The van der Waals surface area contributed by atoms with Gasteiger partial charge in [-0.05, 0) is 116 Å². The van der Waals surface area contributed by atoms with E-state index < -0.39 is 31.5 Å². The van der Waals surface area contributed by atoms with Crippen LogP contribution in [-0.4, -0.2) is 113 Å². The highest BCUT2D eigenvalue weighted by Crippen LogP contribution is 2.51. The second-order valence-electron chi connectivity index (χ2n) is 22.0. The maximum Gasteiger partial charge on any atom is 0.274 e. The summed E-state index contributed by atoms with van der Waals surface area (Å²) in [5.41, 5.74) is 1.96. The first-order valence-corrected chi connectivity index (χ1v) is 31.6. The lowest BCUT2D eigenvalue weighted by Gasteiger charge is -2.25. The number of fused-ring (bicyclic) bond motifs is 1. The van der Waals surface area contributed by atoms with Crippen molar-refractivity contribution < 1.29 is 31.8 Å². The van der Waals surface area contributed by atoms with Crippen LogP contribution in [0.1, 0.15) is 174 Å². The minimum Gasteiger partial charge on any atom is -0.508 e. The molecule has 1 aromatic heterocycles. The van der Waals surface area contributed by atoms with Crippen molar-refractivity contribution in [2.45, 2.75) is 179 Å². The van der Waals surface area contributed by atoms with Crippen LogP contribution < -0.4 is 19.7 Å². The van der Waals surface area contributed by atoms with Gasteiger partial charge in [0.25, 0.3) is 15.9 Å². The predicted octanol–water partition coefficient (Wildman–Crippen LogP) is 11.2. The molecule has 4 aromatic rings. The van der Waals surface area contributed by atoms with Crippen LogP contribution in [0.15, 0.2) is 69.6 Å². The van der Waals surface area contributed by atoms with Crippen LogP contribution in [0.4, 0.5) is 17.1 Å². The van der Waals surface area contributed by atoms with E-state index in [9.17, 15) is 31.8 Å². The van der Waals surface area contributed by atoms with E-state index in [1.165, 1.54) is 125 Å². The maximum absolute atomic E-state index is 14.5. The standard InChI is InChI=1S/C56H84N10O7S3/c1-10-12-13-14-15-16-17-18-19-20-21-22-23-24-25-26-34-65-39-56(7,8)74-54(65)45-38-44(31-32-47(45)68)76(72,73)63-46-37-43(67)36-40(3)48(46)51-60-61-52-49(50(62-66(51)52)53(69)59-55(4,5)6)58-41-27-29-42(30-28-41)64(11-2)35-33-57-75(9,70)71/h27-32,36-38,54,57,63,67-68H,10-26,33-35,39H2,1-9H3,(H,59,69)/b58-49-. The van der Waals surface area contributed by atoms with Crippen LogP contribution in [0.25, 0.3) is 11.4 Å². The van der Waals surface area contributed by atoms with E-state index in [0.717, 1.165) is 37.9 Å². The second-order valence-corrected chi connectivity index (χ2v) is 27.4. The number of likely N-dealkylation sites (N-methyl/N-ethyl adjacent to an activating group) is 1. The first kappa shape index (κ1) is 60.2. The fourth-order valence-corrected chi connectivity index (χ4v) is 12.9. The predicted molar refractivity (Wildman–Crippen MR) is 310 cm³/mol. The molecule has 6 rings (SSSR count). The number of anilines is 2. The van der Waals surface area contributed by atoms with Crippen LogP contribution in [0.3, 0.4) is 0 Å². The van der Waals surface area contributed by atoms with E-state index in [1.54, 1.807) is 30.8 Å². The molecule has 0 aliphatic carbocycles. The molecule has 0 bridgehead atoms. The van der Waals surface area contributed by atoms with Crippen LogP contribution in [0.5, 0.6) is 11.5 Å². The smallest absolute Gasteiger partial charge is 0.274 e. The molecule has 17 nitrogen and oxygen atoms in total. The zero-order valence-corrected chi connectivity index (χ0v) is 48.9. The Hall–Kier alpha value is -5.02. The third kappa shape index (κ3) is 17.2. The molecule has 1 amide bonds. The molecule has 418 valence electrons. The normalized spacial score (nSPS) is 16.3. The molecular weight excluding hydrogens is 1020 g/mol. The molecule has 0 spiro atoms. The Kier molecular flexibility index (Phi) is 21.4. The minimum absolute atomic E-state index is 0.00657. The quantitative estimate of drug-likeness (QED) is 0.0308. The third-order valence-corrected chi connectivity index (χ3v) is 17.2. The van der Waals surface area contributed by atoms with Crippen LogP contribution in [-0.2, 0) is 24.8 Å². The number of amides is 1. The fourth-order valence-electron chi connectivity index (χ4n) is 9.84. The molecular formula is C56H84N10O7S3. The number of nitrogens with one attached hydrogen (secondary N) is 3. The van der Waals surface area contributed by atoms with Crippen molar-refractivity contribution in [1.82, 2.24) is 29.8 Å². The van der Waals surface area contributed by atoms with E-state index in [1.807, 2.05) is 44.7 Å². The largest absolute Gasteiger partial charge is 0.508 e. The third-order valence-electron chi connectivity index (χ3n) is 13.6. The highest BCUT2D eigenvalue weighted by molar-refractivity contribution is 8.01. The summed E-state index contributed by atoms with van der Waals surface area (Å²) in [6.45, 7) is 18.7. The van der Waals surface area contributed by atoms with Crippen LogP contribution in [0.2, 0.25) is 0 Å². The number of nitrogens with zero attached hydrogens (tertiary/aromatic N) is 7. The number of carbonyl (C=O) groups is 1. The van der Waals surface area contributed by atoms with Crippen molar-refractivity contribution in [1.29, 1.82) is 0 Å². The fraction of sp³-hybridized carbons (Fsp3) is 0.589. The summed E-state index contributed by atoms with van der Waals surface area (Å²) in [6.07, 6.45) is 21.9. The molecule has 3 heterocycles. The monoisotopic (exact) mass is 1100 g/mol. The minimum atomic E-state index is -4.37. The number of thioether (sulfide) groups is 1. The zero-order chi connectivity index (χ0) is 55.3. The summed E-state index contributed by atoms with van der Waals surface area (Å²) in [6, 6.07) is 14.3. The highest BCUT2D eigenvalue weighted by atomic mass is 32.2. The van der Waals surface area contributed by atoms with Gasteiger partial charge in [0.05, 0.1) is 27.9 Å². The number of phenols is 2. The van der Waals surface area contributed by atoms with Gasteiger partial charge in [-0.2, -0.15) is 9.78 Å². The van der Waals surface area contributed by atoms with Gasteiger partial charge in [0.2, 0.25) is 15.8 Å². The van der Waals surface area contributed by atoms with Crippen molar-refractivity contribution >= 4 is 66.2 Å². The number of hydrogen-bond acceptors (Lipinski definition) is 14. The van der Waals surface area contributed by atoms with E-state index in [4.69, 9.17) is 10.1 Å². The molecule has 0 saturated carbocycles. The van der Waals surface area contributed by atoms with Crippen molar-refractivity contribution in [2.24, 2.45) is 10.1 Å². The molecule has 3 aromatic carbocycles. The van der Waals surface area contributed by atoms with E-state index in [2.05, 4.69) is 50.6 Å². The van der Waals surface area contributed by atoms with Crippen molar-refractivity contribution in [3.05, 3.63) is 71.5 Å². The average molecular weight is 1110 g/mol. The lowest BCUT2D eigenvalue weighted by Crippen LogP contribution is -2.45. The molecule has 1 fully saturated rings. The van der Waals surface area contributed by atoms with Gasteiger partial charge in [0.1, 0.15) is 17.2 Å². The van der Waals surface area contributed by atoms with Crippen molar-refractivity contribution in [3.8, 4) is 22.9 Å². The summed E-state index contributed by atoms with van der Waals surface area (Å²) in [5.74, 6) is -0.485. The number of benzene rings is 3. The topological polar surface area (TPSA) is 224 Å². The average Bonchev–Trinajstić information content (AvgIpc) is 4.02. The SMILES string of the molecule is CCCCCCCCCCCCCCCCCCN1CC(C)(C)SC1c1cc(S(=O)(=O)Nc2cc(O)cc(C)c2-c2nnc3n2N=C(C(=O)NC(C)(C)C)/C3=N/c2ccc(N(CC)CCNS(C)(=O)=O)cc2)ccc1O.